The molecule has 4 aliphatic rings. The van der Waals surface area contributed by atoms with E-state index in [1.165, 1.54) is 30.8 Å². The van der Waals surface area contributed by atoms with Crippen LogP contribution in [-0.2, 0) is 19.2 Å². The number of halogens is 2. The van der Waals surface area contributed by atoms with Crippen LogP contribution in [0.15, 0.2) is 23.8 Å². The summed E-state index contributed by atoms with van der Waals surface area (Å²) in [6, 6.07) is -0.766. The van der Waals surface area contributed by atoms with Crippen molar-refractivity contribution in [1.82, 2.24) is 5.32 Å². The number of alkyl halides is 2. The van der Waals surface area contributed by atoms with Gasteiger partial charge in [0.2, 0.25) is 11.5 Å². The minimum atomic E-state index is -2.30. The third-order valence-corrected chi connectivity index (χ3v) is 11.8. The molecule has 4 aliphatic carbocycles. The van der Waals surface area contributed by atoms with Crippen LogP contribution in [-0.4, -0.2) is 80.7 Å². The van der Waals surface area contributed by atoms with E-state index >= 15 is 8.78 Å². The highest BCUT2D eigenvalue weighted by Gasteiger charge is 2.76. The number of thioether (sulfide) groups is 2. The lowest BCUT2D eigenvalue weighted by Gasteiger charge is -2.63. The Morgan fingerprint density at radius 2 is 1.97 bits per heavy atom. The normalized spacial score (nSPS) is 43.5. The van der Waals surface area contributed by atoms with Crippen molar-refractivity contribution in [1.29, 1.82) is 0 Å². The summed E-state index contributed by atoms with van der Waals surface area (Å²) in [4.78, 5) is 49.3. The summed E-state index contributed by atoms with van der Waals surface area (Å²) in [5, 5.41) is 25.5. The summed E-state index contributed by atoms with van der Waals surface area (Å²) in [6.45, 7) is 4.85. The van der Waals surface area contributed by atoms with Crippen LogP contribution in [0.25, 0.3) is 0 Å². The molecule has 4 rings (SSSR count). The number of aliphatic hydroxyl groups excluding tert-OH is 1. The first kappa shape index (κ1) is 30.4. The average molecular weight is 586 g/mol. The standard InChI is InChI=1S/C28H37F2NO6S2/c1-15-9-17-18-11-20(29)19-10-16(33)5-7-25(19,2)27(18,30)22(34)12-26(17,3)28(15,37)23(35)13-39-24(36)21(31-14-32)6-8-38-4/h5,7,10,14-15,17-18,20-22,34,37H,6,8-9,11-13H2,1-4H3,(H,31,32)/t15?,17-,18-,20?,21?,22?,25-,26-,27-,28-/m0/s1. The molecule has 7 nitrogen and oxygen atoms in total. The summed E-state index contributed by atoms with van der Waals surface area (Å²) >= 11 is 2.24. The van der Waals surface area contributed by atoms with E-state index in [9.17, 15) is 29.4 Å². The van der Waals surface area contributed by atoms with Gasteiger partial charge in [-0.3, -0.25) is 19.2 Å². The Balaban J connectivity index is 1.62. The molecule has 10 atom stereocenters. The van der Waals surface area contributed by atoms with E-state index in [1.54, 1.807) is 13.8 Å². The molecule has 0 aromatic heterocycles. The molecule has 3 saturated carbocycles. The number of nitrogens with one attached hydrogen (secondary N) is 1. The molecule has 3 fully saturated rings. The summed E-state index contributed by atoms with van der Waals surface area (Å²) in [5.41, 5.74) is -7.06. The SMILES string of the molecule is CSCCC(NC=O)C(=O)SCC(=O)[C@@]1(O)C(C)C[C@H]2[C@@H]3CC(F)C4=CC(=O)C=C[C@]4(C)[C@@]3(F)C(O)C[C@@]21C. The van der Waals surface area contributed by atoms with Crippen molar-refractivity contribution in [2.45, 2.75) is 76.0 Å². The van der Waals surface area contributed by atoms with Gasteiger partial charge in [0.1, 0.15) is 11.8 Å². The fourth-order valence-electron chi connectivity index (χ4n) is 8.07. The van der Waals surface area contributed by atoms with Gasteiger partial charge >= 0.3 is 0 Å². The molecule has 0 aromatic rings. The van der Waals surface area contributed by atoms with Crippen molar-refractivity contribution in [3.63, 3.8) is 0 Å². The monoisotopic (exact) mass is 585 g/mol. The second kappa shape index (κ2) is 10.7. The molecule has 3 N–H and O–H groups in total. The number of rotatable bonds is 9. The molecule has 4 unspecified atom stereocenters. The molecule has 0 bridgehead atoms. The van der Waals surface area contributed by atoms with Crippen molar-refractivity contribution < 1.29 is 38.2 Å². The maximum Gasteiger partial charge on any atom is 0.211 e. The van der Waals surface area contributed by atoms with Crippen LogP contribution < -0.4 is 5.32 Å². The zero-order valence-corrected chi connectivity index (χ0v) is 24.2. The number of hydrogen-bond acceptors (Lipinski definition) is 8. The van der Waals surface area contributed by atoms with Crippen LogP contribution >= 0.6 is 23.5 Å². The van der Waals surface area contributed by atoms with Gasteiger partial charge < -0.3 is 15.5 Å². The topological polar surface area (TPSA) is 121 Å². The minimum Gasteiger partial charge on any atom is -0.390 e. The number of fused-ring (bicyclic) bond motifs is 5. The third kappa shape index (κ3) is 4.37. The van der Waals surface area contributed by atoms with Gasteiger partial charge in [-0.05, 0) is 74.2 Å². The first-order valence-corrected chi connectivity index (χ1v) is 15.7. The largest absolute Gasteiger partial charge is 0.390 e. The number of ketones is 2. The zero-order chi connectivity index (χ0) is 29.0. The number of hydrogen-bond donors (Lipinski definition) is 3. The van der Waals surface area contributed by atoms with Gasteiger partial charge in [-0.15, -0.1) is 0 Å². The van der Waals surface area contributed by atoms with Gasteiger partial charge in [-0.2, -0.15) is 11.8 Å². The molecular formula is C28H37F2NO6S2. The van der Waals surface area contributed by atoms with E-state index in [-0.39, 0.29) is 30.6 Å². The first-order valence-electron chi connectivity index (χ1n) is 13.3. The predicted molar refractivity (Wildman–Crippen MR) is 147 cm³/mol. The van der Waals surface area contributed by atoms with E-state index in [0.717, 1.165) is 17.8 Å². The van der Waals surface area contributed by atoms with E-state index in [1.807, 2.05) is 6.26 Å². The lowest BCUT2D eigenvalue weighted by molar-refractivity contribution is -0.222. The summed E-state index contributed by atoms with van der Waals surface area (Å²) in [7, 11) is 0. The molecule has 39 heavy (non-hydrogen) atoms. The van der Waals surface area contributed by atoms with Crippen LogP contribution in [0.3, 0.4) is 0 Å². The van der Waals surface area contributed by atoms with Crippen molar-refractivity contribution >= 4 is 46.6 Å². The van der Waals surface area contributed by atoms with E-state index in [4.69, 9.17) is 0 Å². The van der Waals surface area contributed by atoms with Gasteiger partial charge in [0.05, 0.1) is 17.9 Å². The maximum absolute atomic E-state index is 17.3. The Bertz CT molecular complexity index is 1120. The number of amides is 1. The predicted octanol–water partition coefficient (Wildman–Crippen LogP) is 2.98. The quantitative estimate of drug-likeness (QED) is 0.354. The van der Waals surface area contributed by atoms with Gasteiger partial charge in [0, 0.05) is 16.7 Å². The van der Waals surface area contributed by atoms with Crippen LogP contribution in [0, 0.1) is 28.6 Å². The minimum absolute atomic E-state index is 0.0173. The van der Waals surface area contributed by atoms with Crippen molar-refractivity contribution in [2.75, 3.05) is 17.8 Å². The molecule has 216 valence electrons. The summed E-state index contributed by atoms with van der Waals surface area (Å²) < 4.78 is 32.8. The molecule has 0 spiro atoms. The lowest BCUT2D eigenvalue weighted by Crippen LogP contribution is -2.70. The maximum atomic E-state index is 17.3. The Morgan fingerprint density at radius 3 is 2.62 bits per heavy atom. The van der Waals surface area contributed by atoms with E-state index < -0.39 is 74.9 Å². The summed E-state index contributed by atoms with van der Waals surface area (Å²) in [5.74, 6) is -3.00. The number of Topliss-reactive ketones (excluding diaryl/α,β-unsaturated/α-hetero) is 1. The Kier molecular flexibility index (Phi) is 8.33. The molecular weight excluding hydrogens is 548 g/mol. The molecule has 0 aliphatic heterocycles. The summed E-state index contributed by atoms with van der Waals surface area (Å²) in [6.07, 6.45) is 2.90. The molecule has 1 amide bonds. The fourth-order valence-corrected chi connectivity index (χ4v) is 9.42. The van der Waals surface area contributed by atoms with E-state index in [2.05, 4.69) is 5.32 Å². The Labute approximate surface area is 236 Å². The van der Waals surface area contributed by atoms with Crippen LogP contribution in [0.2, 0.25) is 0 Å². The van der Waals surface area contributed by atoms with Gasteiger partial charge in [-0.1, -0.05) is 31.7 Å². The van der Waals surface area contributed by atoms with Crippen molar-refractivity contribution in [3.05, 3.63) is 23.8 Å². The lowest BCUT2D eigenvalue weighted by atomic mass is 9.44. The molecule has 11 heteroatoms. The number of carbonyl (C=O) groups is 4. The van der Waals surface area contributed by atoms with Crippen molar-refractivity contribution in [2.24, 2.45) is 28.6 Å². The highest BCUT2D eigenvalue weighted by molar-refractivity contribution is 8.14. The van der Waals surface area contributed by atoms with Gasteiger partial charge in [0.25, 0.3) is 0 Å². The van der Waals surface area contributed by atoms with E-state index in [0.29, 0.717) is 18.6 Å². The Hall–Kier alpha value is -1.56. The smallest absolute Gasteiger partial charge is 0.211 e. The first-order chi connectivity index (χ1) is 18.2. The highest BCUT2D eigenvalue weighted by Crippen LogP contribution is 2.71. The van der Waals surface area contributed by atoms with Gasteiger partial charge in [0.15, 0.2) is 17.2 Å². The highest BCUT2D eigenvalue weighted by atomic mass is 32.2. The number of allylic oxidation sites excluding steroid dienone is 4. The third-order valence-electron chi connectivity index (χ3n) is 10.1. The molecule has 0 radical (unpaired) electrons. The number of aliphatic hydroxyl groups is 2. The fraction of sp³-hybridized carbons (Fsp3) is 0.714. The Morgan fingerprint density at radius 1 is 1.28 bits per heavy atom. The van der Waals surface area contributed by atoms with Crippen LogP contribution in [0.1, 0.15) is 46.5 Å². The van der Waals surface area contributed by atoms with Crippen LogP contribution in [0.5, 0.6) is 0 Å². The number of carbonyl (C=O) groups excluding carboxylic acids is 4. The van der Waals surface area contributed by atoms with Crippen LogP contribution in [0.4, 0.5) is 8.78 Å². The van der Waals surface area contributed by atoms with Gasteiger partial charge in [-0.25, -0.2) is 8.78 Å². The zero-order valence-electron chi connectivity index (χ0n) is 22.6. The second-order valence-electron chi connectivity index (χ2n) is 11.9. The molecule has 0 aromatic carbocycles. The van der Waals surface area contributed by atoms with Crippen molar-refractivity contribution in [3.8, 4) is 0 Å². The average Bonchev–Trinajstić information content (AvgIpc) is 3.09. The second-order valence-corrected chi connectivity index (χ2v) is 13.9. The molecule has 0 saturated heterocycles. The molecule has 0 heterocycles.